The Morgan fingerprint density at radius 2 is 0.952 bits per heavy atom. The van der Waals surface area contributed by atoms with E-state index in [0.717, 1.165) is 0 Å². The van der Waals surface area contributed by atoms with Crippen molar-refractivity contribution in [1.82, 2.24) is 42.5 Å². The quantitative estimate of drug-likeness (QED) is 0.0214. The van der Waals surface area contributed by atoms with Crippen LogP contribution >= 0.6 is 24.2 Å². The average molecular weight is 921 g/mol. The second-order valence-electron chi connectivity index (χ2n) is 16.9. The van der Waals surface area contributed by atoms with E-state index in [0.29, 0.717) is 19.4 Å². The zero-order valence-corrected chi connectivity index (χ0v) is 39.2. The highest BCUT2D eigenvalue weighted by atomic mass is 35.5. The van der Waals surface area contributed by atoms with Gasteiger partial charge >= 0.3 is 0 Å². The molecule has 0 spiro atoms. The standard InChI is InChI=1S/C40H74ClN11O9S/c1-21(2)15-27(48-35(56)25(43)12-13-41)36(57)46-19-32(54)52-33(24(7)8)40(61)50-28(16-22(3)4)37(58)45-18-31(53)47-26(11-9-10-14-42)38(59)49-29(17-23(5)6)39(60)51-30(20-62)34(44)55/h21-30,33,62H,9-20,42-43H2,1-8H3,(H2,44,55)(H,45,58)(H,46,57)(H,47,53)(H,48,56)(H,49,59)(H,50,61)(H,51,60)(H,52,54)/t25-,26-,27-,28-,29-,30-,33-/m0/s1. The maximum Gasteiger partial charge on any atom is 0.243 e. The molecule has 9 amide bonds. The Morgan fingerprint density at radius 3 is 1.37 bits per heavy atom. The van der Waals surface area contributed by atoms with E-state index in [1.54, 1.807) is 13.8 Å². The number of unbranched alkanes of at least 4 members (excludes halogenated alkanes) is 1. The topological polar surface area (TPSA) is 328 Å². The van der Waals surface area contributed by atoms with Crippen molar-refractivity contribution in [1.29, 1.82) is 0 Å². The van der Waals surface area contributed by atoms with Crippen molar-refractivity contribution in [3.63, 3.8) is 0 Å². The second-order valence-corrected chi connectivity index (χ2v) is 17.7. The van der Waals surface area contributed by atoms with Crippen molar-refractivity contribution in [2.45, 2.75) is 143 Å². The van der Waals surface area contributed by atoms with Crippen LogP contribution in [-0.4, -0.2) is 127 Å². The number of carbonyl (C=O) groups excluding carboxylic acids is 9. The van der Waals surface area contributed by atoms with E-state index < -0.39 is 114 Å². The van der Waals surface area contributed by atoms with Crippen LogP contribution in [0.5, 0.6) is 0 Å². The monoisotopic (exact) mass is 920 g/mol. The number of carbonyl (C=O) groups is 9. The lowest BCUT2D eigenvalue weighted by molar-refractivity contribution is -0.135. The summed E-state index contributed by atoms with van der Waals surface area (Å²) in [4.78, 5) is 117. The lowest BCUT2D eigenvalue weighted by Gasteiger charge is -2.27. The lowest BCUT2D eigenvalue weighted by atomic mass is 10.00. The molecule has 0 rings (SSSR count). The fraction of sp³-hybridized carbons (Fsp3) is 0.775. The molecule has 20 nitrogen and oxygen atoms in total. The van der Waals surface area contributed by atoms with Crippen LogP contribution in [0, 0.1) is 23.7 Å². The van der Waals surface area contributed by atoms with E-state index in [-0.39, 0.29) is 61.5 Å². The van der Waals surface area contributed by atoms with Crippen molar-refractivity contribution < 1.29 is 43.2 Å². The largest absolute Gasteiger partial charge is 0.368 e. The van der Waals surface area contributed by atoms with Gasteiger partial charge in [-0.1, -0.05) is 55.4 Å². The molecule has 0 aliphatic heterocycles. The molecular weight excluding hydrogens is 846 g/mol. The first-order valence-electron chi connectivity index (χ1n) is 21.2. The van der Waals surface area contributed by atoms with Gasteiger partial charge in [-0.05, 0) is 75.2 Å². The summed E-state index contributed by atoms with van der Waals surface area (Å²) in [5.41, 5.74) is 16.8. The molecule has 0 fully saturated rings. The van der Waals surface area contributed by atoms with Gasteiger partial charge < -0.3 is 59.7 Å². The summed E-state index contributed by atoms with van der Waals surface area (Å²) in [5.74, 6) is -6.57. The molecule has 0 heterocycles. The van der Waals surface area contributed by atoms with E-state index in [9.17, 15) is 43.2 Å². The number of amides is 9. The van der Waals surface area contributed by atoms with Crippen molar-refractivity contribution in [2.24, 2.45) is 40.9 Å². The molecule has 62 heavy (non-hydrogen) atoms. The number of thiol groups is 1. The third-order valence-corrected chi connectivity index (χ3v) is 9.91. The Kier molecular flexibility index (Phi) is 28.7. The van der Waals surface area contributed by atoms with Gasteiger partial charge in [0.1, 0.15) is 36.3 Å². The minimum Gasteiger partial charge on any atom is -0.368 e. The van der Waals surface area contributed by atoms with E-state index in [4.69, 9.17) is 28.8 Å². The highest BCUT2D eigenvalue weighted by molar-refractivity contribution is 7.80. The van der Waals surface area contributed by atoms with Gasteiger partial charge in [0.05, 0.1) is 19.1 Å². The molecule has 0 aliphatic carbocycles. The number of hydrogen-bond acceptors (Lipinski definition) is 12. The minimum absolute atomic E-state index is 0.0105. The maximum atomic E-state index is 13.6. The smallest absolute Gasteiger partial charge is 0.243 e. The van der Waals surface area contributed by atoms with Gasteiger partial charge in [-0.15, -0.1) is 11.6 Å². The third-order valence-electron chi connectivity index (χ3n) is 9.33. The summed E-state index contributed by atoms with van der Waals surface area (Å²) < 4.78 is 0. The lowest BCUT2D eigenvalue weighted by Crippen LogP contribution is -2.58. The van der Waals surface area contributed by atoms with Crippen LogP contribution in [0.25, 0.3) is 0 Å². The predicted octanol–water partition coefficient (Wildman–Crippen LogP) is -1.58. The van der Waals surface area contributed by atoms with Crippen LogP contribution in [0.15, 0.2) is 0 Å². The number of hydrogen-bond donors (Lipinski definition) is 12. The van der Waals surface area contributed by atoms with Crippen molar-refractivity contribution in [3.05, 3.63) is 0 Å². The summed E-state index contributed by atoms with van der Waals surface area (Å²) in [6.07, 6.45) is 2.01. The third kappa shape index (κ3) is 23.9. The van der Waals surface area contributed by atoms with E-state index in [1.807, 2.05) is 41.5 Å². The molecule has 0 aromatic heterocycles. The molecule has 7 atom stereocenters. The fourth-order valence-corrected chi connectivity index (χ4v) is 6.50. The molecule has 14 N–H and O–H groups in total. The first-order valence-corrected chi connectivity index (χ1v) is 22.4. The molecule has 22 heteroatoms. The summed E-state index contributed by atoms with van der Waals surface area (Å²) >= 11 is 9.74. The first-order chi connectivity index (χ1) is 29.0. The van der Waals surface area contributed by atoms with E-state index in [2.05, 4.69) is 55.2 Å². The van der Waals surface area contributed by atoms with Crippen LogP contribution in [0.4, 0.5) is 0 Å². The molecule has 0 aromatic rings. The number of rotatable bonds is 31. The highest BCUT2D eigenvalue weighted by Gasteiger charge is 2.32. The summed E-state index contributed by atoms with van der Waals surface area (Å²) in [7, 11) is 0. The van der Waals surface area contributed by atoms with Crippen LogP contribution in [0.2, 0.25) is 0 Å². The fourth-order valence-electron chi connectivity index (χ4n) is 6.00. The predicted molar refractivity (Wildman–Crippen MR) is 240 cm³/mol. The zero-order chi connectivity index (χ0) is 47.7. The maximum absolute atomic E-state index is 13.6. The van der Waals surface area contributed by atoms with E-state index >= 15 is 0 Å². The number of nitrogens with one attached hydrogen (secondary N) is 8. The molecule has 0 saturated carbocycles. The van der Waals surface area contributed by atoms with Crippen molar-refractivity contribution in [3.8, 4) is 0 Å². The van der Waals surface area contributed by atoms with Crippen molar-refractivity contribution in [2.75, 3.05) is 31.3 Å². The summed E-state index contributed by atoms with van der Waals surface area (Å²) in [5, 5.41) is 20.6. The zero-order valence-electron chi connectivity index (χ0n) is 37.6. The molecule has 356 valence electrons. The van der Waals surface area contributed by atoms with Gasteiger partial charge in [-0.25, -0.2) is 0 Å². The summed E-state index contributed by atoms with van der Waals surface area (Å²) in [6, 6.07) is -7.38. The van der Waals surface area contributed by atoms with Crippen LogP contribution in [0.3, 0.4) is 0 Å². The normalized spacial score (nSPS) is 14.7. The molecule has 0 bridgehead atoms. The number of alkyl halides is 1. The van der Waals surface area contributed by atoms with Gasteiger partial charge in [-0.2, -0.15) is 12.6 Å². The Bertz CT molecular complexity index is 1490. The number of halogens is 1. The molecule has 0 aliphatic rings. The number of primary amides is 1. The van der Waals surface area contributed by atoms with Crippen molar-refractivity contribution >= 4 is 77.4 Å². The molecule has 0 radical (unpaired) electrons. The van der Waals surface area contributed by atoms with Crippen LogP contribution in [-0.2, 0) is 43.2 Å². The Labute approximate surface area is 376 Å². The van der Waals surface area contributed by atoms with Gasteiger partial charge in [-0.3, -0.25) is 43.2 Å². The minimum atomic E-state index is -1.13. The van der Waals surface area contributed by atoms with Gasteiger partial charge in [0.25, 0.3) is 0 Å². The number of nitrogens with two attached hydrogens (primary N) is 3. The SMILES string of the molecule is CC(C)C[C@H](NC(=O)[C@H](CCCCN)NC(=O)CNC(=O)[C@H](CC(C)C)NC(=O)[C@@H](NC(=O)CNC(=O)[C@H](CC(C)C)NC(=O)[C@@H](N)CCCl)C(C)C)C(=O)N[C@@H](CS)C(N)=O. The Hall–Kier alpha value is -4.21. The molecule has 0 saturated heterocycles. The van der Waals surface area contributed by atoms with Gasteiger partial charge in [0, 0.05) is 11.6 Å². The van der Waals surface area contributed by atoms with Crippen LogP contribution < -0.4 is 59.7 Å². The van der Waals surface area contributed by atoms with Gasteiger partial charge in [0.15, 0.2) is 0 Å². The first kappa shape index (κ1) is 57.8. The summed E-state index contributed by atoms with van der Waals surface area (Å²) in [6.45, 7) is 13.7. The average Bonchev–Trinajstić information content (AvgIpc) is 3.17. The van der Waals surface area contributed by atoms with Crippen LogP contribution in [0.1, 0.15) is 100 Å². The molecule has 0 unspecified atom stereocenters. The Morgan fingerprint density at radius 1 is 0.532 bits per heavy atom. The molecular formula is C40H74ClN11O9S. The highest BCUT2D eigenvalue weighted by Crippen LogP contribution is 2.11. The molecule has 0 aromatic carbocycles. The van der Waals surface area contributed by atoms with Gasteiger partial charge in [0.2, 0.25) is 53.2 Å². The van der Waals surface area contributed by atoms with E-state index in [1.165, 1.54) is 0 Å². The second kappa shape index (κ2) is 30.8. The Balaban J connectivity index is 5.79.